The standard InChI is InChI=1S/C12H14BrN3O/c1-7-5-9(13)3-4-11(7)16-8(2)10(6-14)12(17)15-16/h3-5H,6,14H2,1-2H3,(H,15,17). The quantitative estimate of drug-likeness (QED) is 0.890. The predicted octanol–water partition coefficient (Wildman–Crippen LogP) is 2.00. The minimum atomic E-state index is -0.118. The van der Waals surface area contributed by atoms with Crippen LogP contribution in [0.1, 0.15) is 16.8 Å². The Hall–Kier alpha value is -1.33. The van der Waals surface area contributed by atoms with E-state index in [1.807, 2.05) is 32.0 Å². The van der Waals surface area contributed by atoms with Crippen LogP contribution in [-0.4, -0.2) is 9.78 Å². The molecule has 2 rings (SSSR count). The van der Waals surface area contributed by atoms with Crippen molar-refractivity contribution in [2.45, 2.75) is 20.4 Å². The zero-order chi connectivity index (χ0) is 12.6. The first-order valence-corrected chi connectivity index (χ1v) is 6.11. The fraction of sp³-hybridized carbons (Fsp3) is 0.250. The van der Waals surface area contributed by atoms with Gasteiger partial charge < -0.3 is 5.73 Å². The average molecular weight is 296 g/mol. The molecule has 0 saturated carbocycles. The van der Waals surface area contributed by atoms with Crippen LogP contribution >= 0.6 is 15.9 Å². The molecule has 17 heavy (non-hydrogen) atoms. The summed E-state index contributed by atoms with van der Waals surface area (Å²) in [4.78, 5) is 11.7. The summed E-state index contributed by atoms with van der Waals surface area (Å²) >= 11 is 3.42. The number of hydrogen-bond donors (Lipinski definition) is 2. The molecule has 0 unspecified atom stereocenters. The second kappa shape index (κ2) is 4.50. The molecule has 1 aromatic carbocycles. The maximum atomic E-state index is 11.7. The molecule has 0 fully saturated rings. The van der Waals surface area contributed by atoms with Crippen LogP contribution < -0.4 is 11.3 Å². The van der Waals surface area contributed by atoms with Crippen molar-refractivity contribution < 1.29 is 0 Å². The van der Waals surface area contributed by atoms with Gasteiger partial charge in [0, 0.05) is 16.7 Å². The molecule has 0 aliphatic carbocycles. The monoisotopic (exact) mass is 295 g/mol. The molecule has 0 spiro atoms. The summed E-state index contributed by atoms with van der Waals surface area (Å²) in [6, 6.07) is 5.92. The lowest BCUT2D eigenvalue weighted by Gasteiger charge is -2.09. The molecule has 2 aromatic rings. The Kier molecular flexibility index (Phi) is 3.22. The van der Waals surface area contributed by atoms with Gasteiger partial charge in [-0.05, 0) is 37.6 Å². The molecule has 0 aliphatic heterocycles. The van der Waals surface area contributed by atoms with E-state index in [4.69, 9.17) is 5.73 Å². The third-order valence-electron chi connectivity index (χ3n) is 2.86. The second-order valence-electron chi connectivity index (χ2n) is 3.98. The molecule has 90 valence electrons. The largest absolute Gasteiger partial charge is 0.326 e. The molecule has 3 N–H and O–H groups in total. The number of nitrogens with two attached hydrogens (primary N) is 1. The summed E-state index contributed by atoms with van der Waals surface area (Å²) in [7, 11) is 0. The van der Waals surface area contributed by atoms with Gasteiger partial charge in [-0.25, -0.2) is 0 Å². The lowest BCUT2D eigenvalue weighted by Crippen LogP contribution is -2.10. The fourth-order valence-electron chi connectivity index (χ4n) is 1.90. The summed E-state index contributed by atoms with van der Waals surface area (Å²) in [5.74, 6) is 0. The Morgan fingerprint density at radius 3 is 2.65 bits per heavy atom. The maximum absolute atomic E-state index is 11.7. The minimum Gasteiger partial charge on any atom is -0.326 e. The van der Waals surface area contributed by atoms with Gasteiger partial charge in [-0.3, -0.25) is 14.6 Å². The van der Waals surface area contributed by atoms with Crippen LogP contribution in [0, 0.1) is 13.8 Å². The summed E-state index contributed by atoms with van der Waals surface area (Å²) in [6.45, 7) is 4.14. The first kappa shape index (κ1) is 12.1. The van der Waals surface area contributed by atoms with E-state index >= 15 is 0 Å². The predicted molar refractivity (Wildman–Crippen MR) is 71.5 cm³/mol. The first-order valence-electron chi connectivity index (χ1n) is 5.31. The normalized spacial score (nSPS) is 10.8. The number of rotatable bonds is 2. The van der Waals surface area contributed by atoms with Gasteiger partial charge in [0.15, 0.2) is 0 Å². The van der Waals surface area contributed by atoms with Crippen LogP contribution in [0.3, 0.4) is 0 Å². The summed E-state index contributed by atoms with van der Waals surface area (Å²) in [5, 5.41) is 2.81. The minimum absolute atomic E-state index is 0.118. The number of aromatic nitrogens is 2. The summed E-state index contributed by atoms with van der Waals surface area (Å²) in [6.07, 6.45) is 0. The van der Waals surface area contributed by atoms with Crippen LogP contribution in [0.4, 0.5) is 0 Å². The average Bonchev–Trinajstić information content (AvgIpc) is 2.54. The molecular formula is C12H14BrN3O. The fourth-order valence-corrected chi connectivity index (χ4v) is 2.38. The Morgan fingerprint density at radius 2 is 2.12 bits per heavy atom. The van der Waals surface area contributed by atoms with E-state index in [9.17, 15) is 4.79 Å². The lowest BCUT2D eigenvalue weighted by atomic mass is 10.2. The number of halogens is 1. The molecule has 0 saturated heterocycles. The van der Waals surface area contributed by atoms with E-state index in [2.05, 4.69) is 21.0 Å². The molecule has 1 heterocycles. The SMILES string of the molecule is Cc1cc(Br)ccc1-n1[nH]c(=O)c(CN)c1C. The third-order valence-corrected chi connectivity index (χ3v) is 3.36. The van der Waals surface area contributed by atoms with Crippen LogP contribution in [0.15, 0.2) is 27.5 Å². The number of nitrogens with zero attached hydrogens (tertiary/aromatic N) is 1. The van der Waals surface area contributed by atoms with Crippen molar-refractivity contribution >= 4 is 15.9 Å². The van der Waals surface area contributed by atoms with Crippen molar-refractivity contribution in [3.8, 4) is 5.69 Å². The van der Waals surface area contributed by atoms with E-state index in [1.54, 1.807) is 4.68 Å². The van der Waals surface area contributed by atoms with Gasteiger partial charge in [0.1, 0.15) is 0 Å². The maximum Gasteiger partial charge on any atom is 0.269 e. The van der Waals surface area contributed by atoms with Crippen LogP contribution in [-0.2, 0) is 6.54 Å². The molecule has 0 radical (unpaired) electrons. The zero-order valence-corrected chi connectivity index (χ0v) is 11.3. The highest BCUT2D eigenvalue weighted by Crippen LogP contribution is 2.20. The highest BCUT2D eigenvalue weighted by Gasteiger charge is 2.11. The summed E-state index contributed by atoms with van der Waals surface area (Å²) in [5.41, 5.74) is 8.98. The van der Waals surface area contributed by atoms with Crippen LogP contribution in [0.5, 0.6) is 0 Å². The Morgan fingerprint density at radius 1 is 1.41 bits per heavy atom. The van der Waals surface area contributed by atoms with E-state index < -0.39 is 0 Å². The zero-order valence-electron chi connectivity index (χ0n) is 9.75. The van der Waals surface area contributed by atoms with Gasteiger partial charge in [0.2, 0.25) is 0 Å². The number of benzene rings is 1. The van der Waals surface area contributed by atoms with Gasteiger partial charge in [-0.15, -0.1) is 0 Å². The van der Waals surface area contributed by atoms with Gasteiger partial charge in [-0.2, -0.15) is 0 Å². The summed E-state index contributed by atoms with van der Waals surface area (Å²) < 4.78 is 2.80. The molecule has 1 aromatic heterocycles. The van der Waals surface area contributed by atoms with Crippen molar-refractivity contribution in [2.24, 2.45) is 5.73 Å². The molecule has 4 nitrogen and oxygen atoms in total. The van der Waals surface area contributed by atoms with E-state index in [1.165, 1.54) is 0 Å². The van der Waals surface area contributed by atoms with Crippen LogP contribution in [0.2, 0.25) is 0 Å². The molecular weight excluding hydrogens is 282 g/mol. The topological polar surface area (TPSA) is 63.8 Å². The first-order chi connectivity index (χ1) is 8.04. The molecule has 0 bridgehead atoms. The van der Waals surface area contributed by atoms with Gasteiger partial charge in [0.25, 0.3) is 5.56 Å². The lowest BCUT2D eigenvalue weighted by molar-refractivity contribution is 0.826. The number of aromatic amines is 1. The second-order valence-corrected chi connectivity index (χ2v) is 4.89. The highest BCUT2D eigenvalue weighted by atomic mass is 79.9. The Bertz CT molecular complexity index is 613. The molecule has 0 aliphatic rings. The molecule has 0 amide bonds. The van der Waals surface area contributed by atoms with Gasteiger partial charge in [-0.1, -0.05) is 15.9 Å². The number of hydrogen-bond acceptors (Lipinski definition) is 2. The number of H-pyrrole nitrogens is 1. The van der Waals surface area contributed by atoms with Crippen molar-refractivity contribution in [3.05, 3.63) is 49.8 Å². The van der Waals surface area contributed by atoms with Crippen molar-refractivity contribution in [1.82, 2.24) is 9.78 Å². The smallest absolute Gasteiger partial charge is 0.269 e. The van der Waals surface area contributed by atoms with Crippen molar-refractivity contribution in [2.75, 3.05) is 0 Å². The highest BCUT2D eigenvalue weighted by molar-refractivity contribution is 9.10. The van der Waals surface area contributed by atoms with E-state index in [-0.39, 0.29) is 12.1 Å². The molecule has 5 heteroatoms. The molecule has 0 atom stereocenters. The van der Waals surface area contributed by atoms with E-state index in [0.29, 0.717) is 5.56 Å². The Balaban J connectivity index is 2.65. The van der Waals surface area contributed by atoms with Gasteiger partial charge >= 0.3 is 0 Å². The van der Waals surface area contributed by atoms with Crippen molar-refractivity contribution in [1.29, 1.82) is 0 Å². The van der Waals surface area contributed by atoms with Crippen molar-refractivity contribution in [3.63, 3.8) is 0 Å². The Labute approximate surface area is 108 Å². The van der Waals surface area contributed by atoms with Crippen LogP contribution in [0.25, 0.3) is 5.69 Å². The van der Waals surface area contributed by atoms with Gasteiger partial charge in [0.05, 0.1) is 11.3 Å². The number of nitrogens with one attached hydrogen (secondary N) is 1. The number of aryl methyl sites for hydroxylation is 1. The third kappa shape index (κ3) is 2.08. The van der Waals surface area contributed by atoms with E-state index in [0.717, 1.165) is 21.4 Å².